The second-order valence-corrected chi connectivity index (χ2v) is 4.21. The van der Waals surface area contributed by atoms with Crippen LogP contribution >= 0.6 is 11.6 Å². The molecule has 0 saturated heterocycles. The summed E-state index contributed by atoms with van der Waals surface area (Å²) in [5.41, 5.74) is 12.3. The molecule has 92 valence electrons. The quantitative estimate of drug-likeness (QED) is 0.707. The maximum atomic E-state index is 10.6. The summed E-state index contributed by atoms with van der Waals surface area (Å²) in [6.07, 6.45) is 0. The van der Waals surface area contributed by atoms with E-state index in [-0.39, 0.29) is 12.5 Å². The molecule has 0 saturated carbocycles. The number of nitrogens with two attached hydrogens (primary N) is 2. The van der Waals surface area contributed by atoms with Crippen molar-refractivity contribution in [1.82, 2.24) is 5.32 Å². The Morgan fingerprint density at radius 1 is 1.35 bits per heavy atom. The highest BCUT2D eigenvalue weighted by molar-refractivity contribution is 6.30. The summed E-state index contributed by atoms with van der Waals surface area (Å²) >= 11 is 5.81. The number of hydrogen-bond acceptors (Lipinski definition) is 3. The largest absolute Gasteiger partial charge is 0.402 e. The first-order valence-corrected chi connectivity index (χ1v) is 5.57. The van der Waals surface area contributed by atoms with Gasteiger partial charge in [0.2, 0.25) is 5.91 Å². The minimum Gasteiger partial charge on any atom is -0.402 e. The molecule has 0 fully saturated rings. The topological polar surface area (TPSA) is 81.1 Å². The summed E-state index contributed by atoms with van der Waals surface area (Å²) in [4.78, 5) is 10.6. The van der Waals surface area contributed by atoms with Crippen LogP contribution in [0.15, 0.2) is 36.5 Å². The lowest BCUT2D eigenvalue weighted by molar-refractivity contribution is -0.117. The van der Waals surface area contributed by atoms with Crippen LogP contribution in [-0.4, -0.2) is 19.0 Å². The van der Waals surface area contributed by atoms with E-state index in [0.29, 0.717) is 17.3 Å². The second-order valence-electron chi connectivity index (χ2n) is 3.78. The van der Waals surface area contributed by atoms with Gasteiger partial charge < -0.3 is 16.8 Å². The molecule has 5 N–H and O–H groups in total. The number of primary amides is 1. The van der Waals surface area contributed by atoms with E-state index in [0.717, 1.165) is 5.56 Å². The Morgan fingerprint density at radius 3 is 2.41 bits per heavy atom. The highest BCUT2D eigenvalue weighted by Crippen LogP contribution is 2.21. The minimum absolute atomic E-state index is 0.0633. The molecule has 1 atom stereocenters. The molecule has 1 aromatic rings. The molecule has 0 aliphatic heterocycles. The van der Waals surface area contributed by atoms with Crippen molar-refractivity contribution in [2.45, 2.75) is 5.92 Å². The normalized spacial score (nSPS) is 12.1. The summed E-state index contributed by atoms with van der Waals surface area (Å²) in [7, 11) is 0. The Labute approximate surface area is 106 Å². The third-order valence-electron chi connectivity index (χ3n) is 2.37. The molecule has 5 heteroatoms. The van der Waals surface area contributed by atoms with Gasteiger partial charge in [-0.05, 0) is 17.7 Å². The number of rotatable bonds is 6. The van der Waals surface area contributed by atoms with Crippen LogP contribution in [0.1, 0.15) is 11.5 Å². The highest BCUT2D eigenvalue weighted by Gasteiger charge is 2.12. The molecular formula is C12H16ClN3O. The van der Waals surface area contributed by atoms with Crippen LogP contribution in [0.2, 0.25) is 5.02 Å². The van der Waals surface area contributed by atoms with Gasteiger partial charge in [0.15, 0.2) is 0 Å². The van der Waals surface area contributed by atoms with Gasteiger partial charge in [-0.1, -0.05) is 30.3 Å². The molecule has 0 aromatic heterocycles. The van der Waals surface area contributed by atoms with E-state index in [4.69, 9.17) is 23.1 Å². The SMILES string of the molecule is C=C(N)[C@H](CNCC(N)=O)c1ccc(Cl)cc1. The zero-order valence-corrected chi connectivity index (χ0v) is 10.2. The first-order chi connectivity index (χ1) is 8.00. The number of carbonyl (C=O) groups is 1. The van der Waals surface area contributed by atoms with Gasteiger partial charge in [0.25, 0.3) is 0 Å². The van der Waals surface area contributed by atoms with Gasteiger partial charge in [-0.2, -0.15) is 0 Å². The lowest BCUT2D eigenvalue weighted by Crippen LogP contribution is -2.32. The third kappa shape index (κ3) is 4.46. The molecule has 17 heavy (non-hydrogen) atoms. The zero-order chi connectivity index (χ0) is 12.8. The van der Waals surface area contributed by atoms with Gasteiger partial charge in [0, 0.05) is 23.2 Å². The molecule has 0 aliphatic carbocycles. The fraction of sp³-hybridized carbons (Fsp3) is 0.250. The molecule has 1 rings (SSSR count). The van der Waals surface area contributed by atoms with Crippen LogP contribution in [-0.2, 0) is 4.79 Å². The first kappa shape index (κ1) is 13.5. The molecule has 0 aliphatic rings. The van der Waals surface area contributed by atoms with Crippen molar-refractivity contribution in [2.24, 2.45) is 11.5 Å². The Kier molecular flexibility index (Phi) is 5.00. The van der Waals surface area contributed by atoms with Gasteiger partial charge in [0.1, 0.15) is 0 Å². The first-order valence-electron chi connectivity index (χ1n) is 5.19. The van der Waals surface area contributed by atoms with Gasteiger partial charge in [-0.3, -0.25) is 4.79 Å². The van der Waals surface area contributed by atoms with E-state index < -0.39 is 5.91 Å². The molecular weight excluding hydrogens is 238 g/mol. The Balaban J connectivity index is 2.69. The average molecular weight is 254 g/mol. The maximum Gasteiger partial charge on any atom is 0.231 e. The van der Waals surface area contributed by atoms with Crippen molar-refractivity contribution in [3.05, 3.63) is 47.1 Å². The van der Waals surface area contributed by atoms with E-state index >= 15 is 0 Å². The summed E-state index contributed by atoms with van der Waals surface area (Å²) in [5.74, 6) is -0.464. The van der Waals surface area contributed by atoms with Gasteiger partial charge >= 0.3 is 0 Å². The predicted octanol–water partition coefficient (Wildman–Crippen LogP) is 0.971. The zero-order valence-electron chi connectivity index (χ0n) is 9.45. The lowest BCUT2D eigenvalue weighted by Gasteiger charge is -2.17. The monoisotopic (exact) mass is 253 g/mol. The number of nitrogens with one attached hydrogen (secondary N) is 1. The number of halogens is 1. The average Bonchev–Trinajstić information content (AvgIpc) is 2.25. The predicted molar refractivity (Wildman–Crippen MR) is 69.6 cm³/mol. The number of amides is 1. The van der Waals surface area contributed by atoms with Crippen molar-refractivity contribution in [3.8, 4) is 0 Å². The van der Waals surface area contributed by atoms with Crippen molar-refractivity contribution in [2.75, 3.05) is 13.1 Å². The van der Waals surface area contributed by atoms with Gasteiger partial charge in [-0.25, -0.2) is 0 Å². The molecule has 0 radical (unpaired) electrons. The Hall–Kier alpha value is -1.52. The van der Waals surface area contributed by atoms with Crippen LogP contribution in [0.25, 0.3) is 0 Å². The van der Waals surface area contributed by atoms with E-state index in [1.54, 1.807) is 12.1 Å². The summed E-state index contributed by atoms with van der Waals surface area (Å²) in [6, 6.07) is 7.36. The van der Waals surface area contributed by atoms with Crippen LogP contribution in [0.3, 0.4) is 0 Å². The number of benzene rings is 1. The van der Waals surface area contributed by atoms with E-state index in [9.17, 15) is 4.79 Å². The van der Waals surface area contributed by atoms with Crippen molar-refractivity contribution >= 4 is 17.5 Å². The molecule has 0 bridgehead atoms. The maximum absolute atomic E-state index is 10.6. The number of carbonyl (C=O) groups excluding carboxylic acids is 1. The van der Waals surface area contributed by atoms with Crippen LogP contribution in [0, 0.1) is 0 Å². The fourth-order valence-corrected chi connectivity index (χ4v) is 1.62. The molecule has 1 amide bonds. The second kappa shape index (κ2) is 6.27. The highest BCUT2D eigenvalue weighted by atomic mass is 35.5. The molecule has 1 aromatic carbocycles. The van der Waals surface area contributed by atoms with E-state index in [1.807, 2.05) is 12.1 Å². The minimum atomic E-state index is -0.400. The van der Waals surface area contributed by atoms with Crippen LogP contribution < -0.4 is 16.8 Å². The Bertz CT molecular complexity index is 403. The fourth-order valence-electron chi connectivity index (χ4n) is 1.50. The molecule has 0 unspecified atom stereocenters. The van der Waals surface area contributed by atoms with Crippen LogP contribution in [0.4, 0.5) is 0 Å². The van der Waals surface area contributed by atoms with Gasteiger partial charge in [0.05, 0.1) is 6.54 Å². The lowest BCUT2D eigenvalue weighted by atomic mass is 9.96. The van der Waals surface area contributed by atoms with Gasteiger partial charge in [-0.15, -0.1) is 0 Å². The summed E-state index contributed by atoms with van der Waals surface area (Å²) < 4.78 is 0. The van der Waals surface area contributed by atoms with Crippen molar-refractivity contribution in [1.29, 1.82) is 0 Å². The Morgan fingerprint density at radius 2 is 1.94 bits per heavy atom. The van der Waals surface area contributed by atoms with Crippen molar-refractivity contribution < 1.29 is 4.79 Å². The summed E-state index contributed by atoms with van der Waals surface area (Å²) in [5, 5.41) is 3.60. The molecule has 0 spiro atoms. The third-order valence-corrected chi connectivity index (χ3v) is 2.62. The summed E-state index contributed by atoms with van der Waals surface area (Å²) in [6.45, 7) is 4.38. The van der Waals surface area contributed by atoms with Crippen LogP contribution in [0.5, 0.6) is 0 Å². The standard InChI is InChI=1S/C12H16ClN3O/c1-8(14)11(6-16-7-12(15)17)9-2-4-10(13)5-3-9/h2-5,11,16H,1,6-7,14H2,(H2,15,17)/t11-/m0/s1. The van der Waals surface area contributed by atoms with E-state index in [1.165, 1.54) is 0 Å². The number of hydrogen-bond donors (Lipinski definition) is 3. The molecule has 4 nitrogen and oxygen atoms in total. The molecule has 0 heterocycles. The smallest absolute Gasteiger partial charge is 0.231 e. The van der Waals surface area contributed by atoms with Crippen molar-refractivity contribution in [3.63, 3.8) is 0 Å². The van der Waals surface area contributed by atoms with E-state index in [2.05, 4.69) is 11.9 Å².